The predicted octanol–water partition coefficient (Wildman–Crippen LogP) is 6.48. The van der Waals surface area contributed by atoms with Gasteiger partial charge in [0.15, 0.2) is 4.80 Å². The molecule has 1 aliphatic heterocycles. The molecule has 2 heterocycles. The Hall–Kier alpha value is -3.43. The molecule has 0 amide bonds. The van der Waals surface area contributed by atoms with E-state index in [1.54, 1.807) is 62.4 Å². The van der Waals surface area contributed by atoms with E-state index >= 15 is 0 Å². The molecule has 0 unspecified atom stereocenters. The lowest BCUT2D eigenvalue weighted by Gasteiger charge is -2.25. The molecule has 0 radical (unpaired) electrons. The fraction of sp³-hybridized carbons (Fsp3) is 0.167. The van der Waals surface area contributed by atoms with Gasteiger partial charge in [0.25, 0.3) is 5.56 Å². The van der Waals surface area contributed by atoms with Crippen LogP contribution in [0.15, 0.2) is 81.7 Å². The van der Waals surface area contributed by atoms with Crippen molar-refractivity contribution in [2.45, 2.75) is 26.5 Å². The average molecular weight is 632 g/mol. The van der Waals surface area contributed by atoms with E-state index < -0.39 is 17.6 Å². The quantitative estimate of drug-likeness (QED) is 0.219. The molecule has 1 atom stereocenters. The van der Waals surface area contributed by atoms with Gasteiger partial charge in [-0.25, -0.2) is 14.2 Å². The number of hydrogen-bond donors (Lipinski definition) is 0. The molecule has 11 heteroatoms. The third kappa shape index (κ3) is 5.97. The Balaban J connectivity index is 1.65. The number of thiazole rings is 1. The standard InChI is InChI=1S/C30H22Cl3FN2O4S/c1-3-39-29(38)25-16(2)35-30-36(26(25)21-6-4-5-7-22(21)32)28(37)24(41-30)13-18-12-19(31)14-23(33)27(18)40-15-17-8-10-20(34)11-9-17/h4-14,26H,3,15H2,1-2H3/b24-13-/t26-/m1/s1. The number of carbonyl (C=O) groups is 1. The van der Waals surface area contributed by atoms with Crippen LogP contribution in [0.2, 0.25) is 15.1 Å². The summed E-state index contributed by atoms with van der Waals surface area (Å²) in [7, 11) is 0. The van der Waals surface area contributed by atoms with Gasteiger partial charge in [0.05, 0.1) is 27.4 Å². The minimum absolute atomic E-state index is 0.109. The lowest BCUT2D eigenvalue weighted by atomic mass is 9.96. The van der Waals surface area contributed by atoms with E-state index in [1.807, 2.05) is 0 Å². The molecule has 0 aliphatic carbocycles. The number of fused-ring (bicyclic) bond motifs is 1. The third-order valence-electron chi connectivity index (χ3n) is 6.34. The first-order chi connectivity index (χ1) is 19.7. The van der Waals surface area contributed by atoms with Gasteiger partial charge >= 0.3 is 5.97 Å². The second kappa shape index (κ2) is 12.2. The molecule has 4 aromatic rings. The second-order valence-electron chi connectivity index (χ2n) is 9.04. The Kier molecular flexibility index (Phi) is 8.66. The Bertz CT molecular complexity index is 1870. The predicted molar refractivity (Wildman–Crippen MR) is 159 cm³/mol. The van der Waals surface area contributed by atoms with Crippen LogP contribution in [0.5, 0.6) is 5.75 Å². The summed E-state index contributed by atoms with van der Waals surface area (Å²) in [5, 5.41) is 0.979. The lowest BCUT2D eigenvalue weighted by Crippen LogP contribution is -2.40. The maximum atomic E-state index is 14.0. The Labute approximate surface area is 253 Å². The molecule has 1 aliphatic rings. The van der Waals surface area contributed by atoms with Crippen molar-refractivity contribution < 1.29 is 18.7 Å². The summed E-state index contributed by atoms with van der Waals surface area (Å²) in [5.41, 5.74) is 2.01. The molecule has 3 aromatic carbocycles. The minimum atomic E-state index is -0.849. The van der Waals surface area contributed by atoms with Crippen LogP contribution in [0.4, 0.5) is 4.39 Å². The molecule has 0 bridgehead atoms. The molecule has 210 valence electrons. The van der Waals surface area contributed by atoms with Crippen LogP contribution < -0.4 is 19.6 Å². The number of esters is 1. The molecule has 0 saturated carbocycles. The number of rotatable bonds is 7. The first kappa shape index (κ1) is 29.1. The Morgan fingerprint density at radius 3 is 2.54 bits per heavy atom. The molecule has 41 heavy (non-hydrogen) atoms. The van der Waals surface area contributed by atoms with Gasteiger partial charge in [-0.3, -0.25) is 9.36 Å². The molecular weight excluding hydrogens is 610 g/mol. The van der Waals surface area contributed by atoms with Gasteiger partial charge in [0.2, 0.25) is 0 Å². The fourth-order valence-corrected chi connectivity index (χ4v) is 6.34. The molecular formula is C30H22Cl3FN2O4S. The topological polar surface area (TPSA) is 69.9 Å². The zero-order valence-electron chi connectivity index (χ0n) is 21.8. The van der Waals surface area contributed by atoms with Crippen LogP contribution in [-0.4, -0.2) is 17.1 Å². The summed E-state index contributed by atoms with van der Waals surface area (Å²) in [6.45, 7) is 3.68. The van der Waals surface area contributed by atoms with E-state index in [4.69, 9.17) is 44.3 Å². The number of allylic oxidation sites excluding steroid dienone is 1. The maximum absolute atomic E-state index is 14.0. The number of ether oxygens (including phenoxy) is 2. The smallest absolute Gasteiger partial charge is 0.338 e. The zero-order valence-corrected chi connectivity index (χ0v) is 24.9. The number of hydrogen-bond acceptors (Lipinski definition) is 6. The first-order valence-electron chi connectivity index (χ1n) is 12.5. The Morgan fingerprint density at radius 1 is 1.10 bits per heavy atom. The summed E-state index contributed by atoms with van der Waals surface area (Å²) < 4.78 is 26.4. The van der Waals surface area contributed by atoms with E-state index in [9.17, 15) is 14.0 Å². The number of aromatic nitrogens is 1. The SMILES string of the molecule is CCOC(=O)C1=C(C)N=c2s/c(=C\c3cc(Cl)cc(Cl)c3OCc3ccc(F)cc3)c(=O)n2[C@@H]1c1ccccc1Cl. The molecule has 0 spiro atoms. The third-order valence-corrected chi connectivity index (χ3v) is 8.16. The van der Waals surface area contributed by atoms with Gasteiger partial charge in [0, 0.05) is 15.6 Å². The van der Waals surface area contributed by atoms with Gasteiger partial charge in [-0.1, -0.05) is 76.5 Å². The molecule has 1 aromatic heterocycles. The van der Waals surface area contributed by atoms with Crippen LogP contribution in [-0.2, 0) is 16.1 Å². The number of benzene rings is 3. The zero-order chi connectivity index (χ0) is 29.3. The van der Waals surface area contributed by atoms with Crippen molar-refractivity contribution in [3.63, 3.8) is 0 Å². The highest BCUT2D eigenvalue weighted by atomic mass is 35.5. The molecule has 5 rings (SSSR count). The Morgan fingerprint density at radius 2 is 1.83 bits per heavy atom. The molecule has 0 fully saturated rings. The monoisotopic (exact) mass is 630 g/mol. The maximum Gasteiger partial charge on any atom is 0.338 e. The highest BCUT2D eigenvalue weighted by Crippen LogP contribution is 2.35. The van der Waals surface area contributed by atoms with Crippen molar-refractivity contribution in [3.05, 3.63) is 129 Å². The van der Waals surface area contributed by atoms with E-state index in [1.165, 1.54) is 22.8 Å². The fourth-order valence-electron chi connectivity index (χ4n) is 4.50. The van der Waals surface area contributed by atoms with Gasteiger partial charge in [-0.2, -0.15) is 0 Å². The van der Waals surface area contributed by atoms with Crippen molar-refractivity contribution in [2.24, 2.45) is 4.99 Å². The van der Waals surface area contributed by atoms with E-state index in [0.717, 1.165) is 16.9 Å². The summed E-state index contributed by atoms with van der Waals surface area (Å²) in [6.07, 6.45) is 1.62. The van der Waals surface area contributed by atoms with Gasteiger partial charge in [0.1, 0.15) is 24.2 Å². The number of nitrogens with zero attached hydrogens (tertiary/aromatic N) is 2. The van der Waals surface area contributed by atoms with Crippen LogP contribution in [0.25, 0.3) is 6.08 Å². The van der Waals surface area contributed by atoms with Gasteiger partial charge in [-0.05, 0) is 61.4 Å². The van der Waals surface area contributed by atoms with Gasteiger partial charge < -0.3 is 9.47 Å². The highest BCUT2D eigenvalue weighted by molar-refractivity contribution is 7.07. The molecule has 0 N–H and O–H groups in total. The second-order valence-corrected chi connectivity index (χ2v) is 11.3. The van der Waals surface area contributed by atoms with Crippen LogP contribution in [0.3, 0.4) is 0 Å². The van der Waals surface area contributed by atoms with Crippen molar-refractivity contribution in [2.75, 3.05) is 6.61 Å². The van der Waals surface area contributed by atoms with E-state index in [2.05, 4.69) is 4.99 Å². The van der Waals surface area contributed by atoms with Crippen molar-refractivity contribution >= 4 is 58.2 Å². The first-order valence-corrected chi connectivity index (χ1v) is 14.4. The summed E-state index contributed by atoms with van der Waals surface area (Å²) >= 11 is 20.5. The number of halogens is 4. The van der Waals surface area contributed by atoms with Crippen molar-refractivity contribution in [1.82, 2.24) is 4.57 Å². The summed E-state index contributed by atoms with van der Waals surface area (Å²) in [6, 6.07) is 15.2. The average Bonchev–Trinajstić information content (AvgIpc) is 3.23. The molecule has 0 saturated heterocycles. The normalized spacial score (nSPS) is 15.0. The minimum Gasteiger partial charge on any atom is -0.487 e. The van der Waals surface area contributed by atoms with Crippen molar-refractivity contribution in [3.8, 4) is 5.75 Å². The van der Waals surface area contributed by atoms with E-state index in [-0.39, 0.29) is 29.6 Å². The highest BCUT2D eigenvalue weighted by Gasteiger charge is 2.34. The van der Waals surface area contributed by atoms with Gasteiger partial charge in [-0.15, -0.1) is 0 Å². The summed E-state index contributed by atoms with van der Waals surface area (Å²) in [5.74, 6) is -0.630. The largest absolute Gasteiger partial charge is 0.487 e. The molecule has 6 nitrogen and oxygen atoms in total. The summed E-state index contributed by atoms with van der Waals surface area (Å²) in [4.78, 5) is 32.0. The number of carbonyl (C=O) groups excluding carboxylic acids is 1. The van der Waals surface area contributed by atoms with Crippen LogP contribution >= 0.6 is 46.1 Å². The van der Waals surface area contributed by atoms with Crippen LogP contribution in [0, 0.1) is 5.82 Å². The van der Waals surface area contributed by atoms with Crippen LogP contribution in [0.1, 0.15) is 36.6 Å². The lowest BCUT2D eigenvalue weighted by molar-refractivity contribution is -0.139. The van der Waals surface area contributed by atoms with Crippen molar-refractivity contribution in [1.29, 1.82) is 0 Å². The van der Waals surface area contributed by atoms with E-state index in [0.29, 0.717) is 42.0 Å².